The van der Waals surface area contributed by atoms with E-state index in [0.29, 0.717) is 46.7 Å². The number of carbonyl (C=O) groups is 2. The van der Waals surface area contributed by atoms with Crippen LogP contribution in [0.1, 0.15) is 32.3 Å². The molecule has 2 N–H and O–H groups in total. The van der Waals surface area contributed by atoms with Crippen molar-refractivity contribution in [1.82, 2.24) is 10.6 Å². The number of methoxy groups -OCH3 is 1. The Morgan fingerprint density at radius 2 is 1.33 bits per heavy atom. The zero-order valence-electron chi connectivity index (χ0n) is 16.2. The number of hydrogen-bond acceptors (Lipinski definition) is 5. The van der Waals surface area contributed by atoms with Crippen molar-refractivity contribution in [3.63, 3.8) is 0 Å². The Bertz CT molecular complexity index is 820. The van der Waals surface area contributed by atoms with Gasteiger partial charge in [0.1, 0.15) is 5.75 Å². The number of rotatable bonds is 7. The molecule has 0 bridgehead atoms. The minimum absolute atomic E-state index is 0.292. The first-order valence-corrected chi connectivity index (χ1v) is 9.04. The summed E-state index contributed by atoms with van der Waals surface area (Å²) in [7, 11) is 1.48. The fourth-order valence-electron chi connectivity index (χ4n) is 2.67. The Morgan fingerprint density at radius 1 is 0.852 bits per heavy atom. The van der Waals surface area contributed by atoms with Crippen molar-refractivity contribution in [2.24, 2.45) is 0 Å². The molecule has 146 valence electrons. The van der Waals surface area contributed by atoms with Gasteiger partial charge in [0.05, 0.1) is 7.11 Å². The van der Waals surface area contributed by atoms with Gasteiger partial charge >= 0.3 is 12.2 Å². The highest BCUT2D eigenvalue weighted by atomic mass is 16.6. The van der Waals surface area contributed by atoms with E-state index in [1.54, 1.807) is 19.1 Å². The van der Waals surface area contributed by atoms with Crippen molar-refractivity contribution in [2.45, 2.75) is 33.6 Å². The molecule has 0 fully saturated rings. The lowest BCUT2D eigenvalue weighted by molar-refractivity contribution is 0.197. The van der Waals surface area contributed by atoms with Crippen LogP contribution < -0.4 is 24.8 Å². The maximum atomic E-state index is 12.1. The van der Waals surface area contributed by atoms with Gasteiger partial charge in [-0.1, -0.05) is 38.1 Å². The predicted octanol–water partition coefficient (Wildman–Crippen LogP) is 4.15. The minimum atomic E-state index is -0.561. The first kappa shape index (κ1) is 20.4. The SMILES string of the molecule is CCCNC(=O)Oc1c(C)c(OC)c(OC(=O)NCCC)c2ccccc12. The molecule has 2 aromatic rings. The summed E-state index contributed by atoms with van der Waals surface area (Å²) in [6.45, 7) is 6.70. The summed E-state index contributed by atoms with van der Waals surface area (Å²) >= 11 is 0. The lowest BCUT2D eigenvalue weighted by Crippen LogP contribution is -2.28. The third kappa shape index (κ3) is 4.81. The molecule has 2 aromatic carbocycles. The molecule has 7 heteroatoms. The van der Waals surface area contributed by atoms with E-state index < -0.39 is 12.2 Å². The smallest absolute Gasteiger partial charge is 0.412 e. The van der Waals surface area contributed by atoms with E-state index in [4.69, 9.17) is 14.2 Å². The van der Waals surface area contributed by atoms with Gasteiger partial charge in [-0.2, -0.15) is 0 Å². The maximum absolute atomic E-state index is 12.1. The van der Waals surface area contributed by atoms with Crippen molar-refractivity contribution in [2.75, 3.05) is 20.2 Å². The van der Waals surface area contributed by atoms with Crippen molar-refractivity contribution < 1.29 is 23.8 Å². The van der Waals surface area contributed by atoms with Crippen LogP contribution in [0.4, 0.5) is 9.59 Å². The average Bonchev–Trinajstić information content (AvgIpc) is 2.68. The first-order valence-electron chi connectivity index (χ1n) is 9.04. The lowest BCUT2D eigenvalue weighted by Gasteiger charge is -2.19. The summed E-state index contributed by atoms with van der Waals surface area (Å²) in [5.41, 5.74) is 0.570. The van der Waals surface area contributed by atoms with Crippen molar-refractivity contribution >= 4 is 23.0 Å². The second-order valence-electron chi connectivity index (χ2n) is 5.99. The largest absolute Gasteiger partial charge is 0.492 e. The molecule has 0 heterocycles. The minimum Gasteiger partial charge on any atom is -0.492 e. The van der Waals surface area contributed by atoms with Crippen LogP contribution in [0.25, 0.3) is 10.8 Å². The Kier molecular flexibility index (Phi) is 7.28. The molecule has 0 radical (unpaired) electrons. The molecule has 0 unspecified atom stereocenters. The zero-order valence-corrected chi connectivity index (χ0v) is 16.2. The summed E-state index contributed by atoms with van der Waals surface area (Å²) in [5.74, 6) is 1.01. The van der Waals surface area contributed by atoms with Crippen LogP contribution in [-0.4, -0.2) is 32.4 Å². The van der Waals surface area contributed by atoms with E-state index in [1.807, 2.05) is 26.0 Å². The van der Waals surface area contributed by atoms with E-state index >= 15 is 0 Å². The molecule has 0 aliphatic heterocycles. The number of amides is 2. The van der Waals surface area contributed by atoms with Crippen LogP contribution in [0.15, 0.2) is 24.3 Å². The second kappa shape index (κ2) is 9.66. The van der Waals surface area contributed by atoms with Crippen LogP contribution in [0, 0.1) is 6.92 Å². The summed E-state index contributed by atoms with van der Waals surface area (Å²) in [4.78, 5) is 24.2. The van der Waals surface area contributed by atoms with E-state index in [9.17, 15) is 9.59 Å². The first-order chi connectivity index (χ1) is 13.0. The molecule has 0 aliphatic rings. The van der Waals surface area contributed by atoms with E-state index in [-0.39, 0.29) is 0 Å². The van der Waals surface area contributed by atoms with Gasteiger partial charge in [-0.15, -0.1) is 0 Å². The van der Waals surface area contributed by atoms with Crippen LogP contribution in [0.3, 0.4) is 0 Å². The van der Waals surface area contributed by atoms with Gasteiger partial charge in [-0.05, 0) is 19.8 Å². The van der Waals surface area contributed by atoms with E-state index in [1.165, 1.54) is 7.11 Å². The van der Waals surface area contributed by atoms with Crippen molar-refractivity contribution in [1.29, 1.82) is 0 Å². The molecule has 0 saturated heterocycles. The molecule has 0 aliphatic carbocycles. The van der Waals surface area contributed by atoms with Crippen LogP contribution in [0.2, 0.25) is 0 Å². The Balaban J connectivity index is 2.50. The van der Waals surface area contributed by atoms with Gasteiger partial charge in [-0.3, -0.25) is 0 Å². The highest BCUT2D eigenvalue weighted by molar-refractivity contribution is 5.99. The summed E-state index contributed by atoms with van der Waals surface area (Å²) in [6.07, 6.45) is 0.499. The number of benzene rings is 2. The lowest BCUT2D eigenvalue weighted by atomic mass is 10.0. The normalized spacial score (nSPS) is 10.4. The number of nitrogens with one attached hydrogen (secondary N) is 2. The third-order valence-electron chi connectivity index (χ3n) is 3.94. The standard InChI is InChI=1S/C20H26N2O5/c1-5-11-21-19(23)26-16-13(3)17(25-4)18(27-20(24)22-12-6-2)15-10-8-7-9-14(15)16/h7-10H,5-6,11-12H2,1-4H3,(H,21,23)(H,22,24). The Hall–Kier alpha value is -2.96. The van der Waals surface area contributed by atoms with Gasteiger partial charge in [0, 0.05) is 29.4 Å². The third-order valence-corrected chi connectivity index (χ3v) is 3.94. The molecule has 7 nitrogen and oxygen atoms in total. The van der Waals surface area contributed by atoms with Crippen molar-refractivity contribution in [3.05, 3.63) is 29.8 Å². The maximum Gasteiger partial charge on any atom is 0.412 e. The highest BCUT2D eigenvalue weighted by Crippen LogP contribution is 2.45. The molecule has 0 spiro atoms. The van der Waals surface area contributed by atoms with Gasteiger partial charge in [0.2, 0.25) is 0 Å². The fraction of sp³-hybridized carbons (Fsp3) is 0.400. The molecule has 0 atom stereocenters. The Labute approximate surface area is 159 Å². The monoisotopic (exact) mass is 374 g/mol. The molecular formula is C20H26N2O5. The second-order valence-corrected chi connectivity index (χ2v) is 5.99. The summed E-state index contributed by atoms with van der Waals surface area (Å²) < 4.78 is 16.5. The van der Waals surface area contributed by atoms with E-state index in [0.717, 1.165) is 12.8 Å². The number of hydrogen-bond donors (Lipinski definition) is 2. The van der Waals surface area contributed by atoms with Crippen LogP contribution in [-0.2, 0) is 0 Å². The quantitative estimate of drug-likeness (QED) is 0.760. The van der Waals surface area contributed by atoms with Gasteiger partial charge in [0.25, 0.3) is 0 Å². The summed E-state index contributed by atoms with van der Waals surface area (Å²) in [5, 5.41) is 6.63. The molecule has 0 saturated carbocycles. The fourth-order valence-corrected chi connectivity index (χ4v) is 2.67. The average molecular weight is 374 g/mol. The number of fused-ring (bicyclic) bond motifs is 1. The molecule has 0 aromatic heterocycles. The molecular weight excluding hydrogens is 348 g/mol. The molecule has 27 heavy (non-hydrogen) atoms. The van der Waals surface area contributed by atoms with E-state index in [2.05, 4.69) is 10.6 Å². The van der Waals surface area contributed by atoms with Crippen LogP contribution >= 0.6 is 0 Å². The number of ether oxygens (including phenoxy) is 3. The summed E-state index contributed by atoms with van der Waals surface area (Å²) in [6, 6.07) is 7.23. The Morgan fingerprint density at radius 3 is 1.81 bits per heavy atom. The number of carbonyl (C=O) groups excluding carboxylic acids is 2. The molecule has 2 rings (SSSR count). The van der Waals surface area contributed by atoms with Crippen molar-refractivity contribution in [3.8, 4) is 17.2 Å². The van der Waals surface area contributed by atoms with Gasteiger partial charge < -0.3 is 24.8 Å². The van der Waals surface area contributed by atoms with Crippen LogP contribution in [0.5, 0.6) is 17.2 Å². The molecule has 2 amide bonds. The zero-order chi connectivity index (χ0) is 19.8. The highest BCUT2D eigenvalue weighted by Gasteiger charge is 2.23. The topological polar surface area (TPSA) is 85.9 Å². The van der Waals surface area contributed by atoms with Gasteiger partial charge in [-0.25, -0.2) is 9.59 Å². The van der Waals surface area contributed by atoms with Gasteiger partial charge in [0.15, 0.2) is 11.5 Å². The predicted molar refractivity (Wildman–Crippen MR) is 104 cm³/mol.